The topological polar surface area (TPSA) is 68.2 Å². The molecule has 94 valence electrons. The molecule has 0 bridgehead atoms. The van der Waals surface area contributed by atoms with E-state index in [1.54, 1.807) is 10.9 Å². The van der Waals surface area contributed by atoms with Gasteiger partial charge in [0.15, 0.2) is 5.84 Å². The number of aromatic nitrogens is 2. The lowest BCUT2D eigenvalue weighted by molar-refractivity contribution is 0.582. The summed E-state index contributed by atoms with van der Waals surface area (Å²) < 4.78 is 1.79. The van der Waals surface area contributed by atoms with Crippen molar-refractivity contribution in [3.05, 3.63) is 18.0 Å². The number of amidine groups is 1. The third-order valence-corrected chi connectivity index (χ3v) is 3.34. The first-order valence-electron chi connectivity index (χ1n) is 6.34. The van der Waals surface area contributed by atoms with E-state index in [4.69, 9.17) is 10.8 Å². The first-order valence-corrected chi connectivity index (χ1v) is 6.34. The summed E-state index contributed by atoms with van der Waals surface area (Å²) in [5.74, 6) is 6.31. The number of nitrogens with one attached hydrogen (secondary N) is 1. The molecule has 1 fully saturated rings. The number of aliphatic imine (C=N–C) groups is 1. The minimum Gasteiger partial charge on any atom is -0.307 e. The molecule has 5 nitrogen and oxygen atoms in total. The Kier molecular flexibility index (Phi) is 4.14. The van der Waals surface area contributed by atoms with Crippen molar-refractivity contribution in [2.45, 2.75) is 44.6 Å². The summed E-state index contributed by atoms with van der Waals surface area (Å²) in [6, 6.07) is 2.33. The largest absolute Gasteiger partial charge is 0.307 e. The van der Waals surface area contributed by atoms with Crippen molar-refractivity contribution < 1.29 is 0 Å². The number of hydrogen-bond donors (Lipinski definition) is 2. The lowest BCUT2D eigenvalue weighted by atomic mass is 10.1. The van der Waals surface area contributed by atoms with Crippen LogP contribution in [-0.2, 0) is 7.05 Å². The van der Waals surface area contributed by atoms with Crippen LogP contribution in [0, 0.1) is 0 Å². The van der Waals surface area contributed by atoms with Crippen LogP contribution in [0.1, 0.15) is 44.2 Å². The molecule has 0 unspecified atom stereocenters. The van der Waals surface area contributed by atoms with Crippen molar-refractivity contribution in [3.63, 3.8) is 0 Å². The minimum atomic E-state index is 0.401. The second-order valence-electron chi connectivity index (χ2n) is 4.61. The average Bonchev–Trinajstić information content (AvgIpc) is 2.62. The lowest BCUT2D eigenvalue weighted by Gasteiger charge is -2.12. The van der Waals surface area contributed by atoms with E-state index in [1.165, 1.54) is 38.5 Å². The third kappa shape index (κ3) is 3.06. The van der Waals surface area contributed by atoms with Crippen molar-refractivity contribution >= 4 is 5.84 Å². The van der Waals surface area contributed by atoms with Gasteiger partial charge in [-0.05, 0) is 18.9 Å². The van der Waals surface area contributed by atoms with Gasteiger partial charge in [0.1, 0.15) is 5.69 Å². The first kappa shape index (κ1) is 12.1. The molecule has 1 heterocycles. The van der Waals surface area contributed by atoms with Gasteiger partial charge in [-0.3, -0.25) is 9.67 Å². The monoisotopic (exact) mass is 235 g/mol. The van der Waals surface area contributed by atoms with E-state index in [-0.39, 0.29) is 0 Å². The number of hydrogen-bond acceptors (Lipinski definition) is 3. The van der Waals surface area contributed by atoms with Crippen molar-refractivity contribution in [2.24, 2.45) is 17.9 Å². The zero-order valence-electron chi connectivity index (χ0n) is 10.4. The zero-order valence-corrected chi connectivity index (χ0v) is 10.4. The molecular formula is C12H21N5. The highest BCUT2D eigenvalue weighted by Crippen LogP contribution is 2.20. The summed E-state index contributed by atoms with van der Waals surface area (Å²) in [6.45, 7) is 0. The molecule has 1 aliphatic rings. The van der Waals surface area contributed by atoms with E-state index in [0.29, 0.717) is 6.04 Å². The molecule has 1 aromatic heterocycles. The normalized spacial score (nSPS) is 19.1. The molecule has 0 radical (unpaired) electrons. The van der Waals surface area contributed by atoms with Crippen LogP contribution in [0.4, 0.5) is 0 Å². The van der Waals surface area contributed by atoms with Gasteiger partial charge >= 0.3 is 0 Å². The Balaban J connectivity index is 2.14. The fourth-order valence-electron chi connectivity index (χ4n) is 2.35. The second kappa shape index (κ2) is 5.82. The fourth-order valence-corrected chi connectivity index (χ4v) is 2.35. The van der Waals surface area contributed by atoms with Crippen LogP contribution in [0.25, 0.3) is 0 Å². The van der Waals surface area contributed by atoms with Gasteiger partial charge in [-0.25, -0.2) is 5.84 Å². The molecule has 1 saturated carbocycles. The van der Waals surface area contributed by atoms with Crippen LogP contribution < -0.4 is 11.3 Å². The second-order valence-corrected chi connectivity index (χ2v) is 4.61. The highest BCUT2D eigenvalue weighted by Gasteiger charge is 2.14. The Morgan fingerprint density at radius 1 is 1.41 bits per heavy atom. The van der Waals surface area contributed by atoms with E-state index in [1.807, 2.05) is 13.1 Å². The quantitative estimate of drug-likeness (QED) is 0.267. The molecule has 5 heteroatoms. The van der Waals surface area contributed by atoms with Crippen LogP contribution in [0.3, 0.4) is 0 Å². The summed E-state index contributed by atoms with van der Waals surface area (Å²) >= 11 is 0. The molecular weight excluding hydrogens is 214 g/mol. The van der Waals surface area contributed by atoms with Gasteiger partial charge in [0.25, 0.3) is 0 Å². The van der Waals surface area contributed by atoms with E-state index in [2.05, 4.69) is 10.5 Å². The minimum absolute atomic E-state index is 0.401. The maximum atomic E-state index is 5.57. The standard InChI is InChI=1S/C12H21N5/c1-17-11(8-9-14-17)12(16-13)15-10-6-4-2-3-5-7-10/h8-10H,2-7,13H2,1H3,(H,15,16). The SMILES string of the molecule is Cn1nccc1C(=NC1CCCCCC1)NN. The maximum Gasteiger partial charge on any atom is 0.161 e. The predicted octanol–water partition coefficient (Wildman–Crippen LogP) is 1.35. The molecule has 1 aliphatic carbocycles. The molecule has 0 aliphatic heterocycles. The molecule has 0 aromatic carbocycles. The number of rotatable bonds is 2. The van der Waals surface area contributed by atoms with Crippen molar-refractivity contribution in [1.82, 2.24) is 15.2 Å². The van der Waals surface area contributed by atoms with Gasteiger partial charge in [-0.15, -0.1) is 0 Å². The van der Waals surface area contributed by atoms with Gasteiger partial charge in [-0.1, -0.05) is 25.7 Å². The molecule has 0 amide bonds. The molecule has 0 atom stereocenters. The Morgan fingerprint density at radius 3 is 2.65 bits per heavy atom. The van der Waals surface area contributed by atoms with E-state index in [9.17, 15) is 0 Å². The van der Waals surface area contributed by atoms with Crippen molar-refractivity contribution in [1.29, 1.82) is 0 Å². The smallest absolute Gasteiger partial charge is 0.161 e. The summed E-state index contributed by atoms with van der Waals surface area (Å²) in [5, 5.41) is 4.14. The molecule has 3 N–H and O–H groups in total. The highest BCUT2D eigenvalue weighted by atomic mass is 15.3. The summed E-state index contributed by atoms with van der Waals surface area (Å²) in [4.78, 5) is 4.74. The zero-order chi connectivity index (χ0) is 12.1. The molecule has 1 aromatic rings. The molecule has 2 rings (SSSR count). The van der Waals surface area contributed by atoms with Gasteiger partial charge in [0.2, 0.25) is 0 Å². The van der Waals surface area contributed by atoms with Gasteiger partial charge in [0, 0.05) is 13.2 Å². The van der Waals surface area contributed by atoms with E-state index < -0.39 is 0 Å². The van der Waals surface area contributed by atoms with Gasteiger partial charge in [-0.2, -0.15) is 5.10 Å². The third-order valence-electron chi connectivity index (χ3n) is 3.34. The Morgan fingerprint density at radius 2 is 2.12 bits per heavy atom. The first-order chi connectivity index (χ1) is 8.31. The van der Waals surface area contributed by atoms with Gasteiger partial charge < -0.3 is 5.43 Å². The van der Waals surface area contributed by atoms with E-state index >= 15 is 0 Å². The Hall–Kier alpha value is -1.36. The van der Waals surface area contributed by atoms with Crippen LogP contribution in [0.15, 0.2) is 17.3 Å². The van der Waals surface area contributed by atoms with Crippen LogP contribution in [-0.4, -0.2) is 21.7 Å². The van der Waals surface area contributed by atoms with Crippen molar-refractivity contribution in [3.8, 4) is 0 Å². The Bertz CT molecular complexity index is 374. The van der Waals surface area contributed by atoms with Crippen LogP contribution in [0.2, 0.25) is 0 Å². The van der Waals surface area contributed by atoms with Crippen LogP contribution in [0.5, 0.6) is 0 Å². The summed E-state index contributed by atoms with van der Waals surface area (Å²) in [5.41, 5.74) is 3.64. The van der Waals surface area contributed by atoms with Crippen LogP contribution >= 0.6 is 0 Å². The highest BCUT2D eigenvalue weighted by molar-refractivity contribution is 5.96. The molecule has 17 heavy (non-hydrogen) atoms. The van der Waals surface area contributed by atoms with Gasteiger partial charge in [0.05, 0.1) is 6.04 Å². The maximum absolute atomic E-state index is 5.57. The number of nitrogens with two attached hydrogens (primary N) is 1. The Labute approximate surface area is 102 Å². The lowest BCUT2D eigenvalue weighted by Crippen LogP contribution is -2.34. The summed E-state index contributed by atoms with van der Waals surface area (Å²) in [6.07, 6.45) is 9.32. The summed E-state index contributed by atoms with van der Waals surface area (Å²) in [7, 11) is 1.90. The van der Waals surface area contributed by atoms with Crippen molar-refractivity contribution in [2.75, 3.05) is 0 Å². The number of hydrazine groups is 1. The predicted molar refractivity (Wildman–Crippen MR) is 68.6 cm³/mol. The van der Waals surface area contributed by atoms with E-state index in [0.717, 1.165) is 11.5 Å². The number of aryl methyl sites for hydroxylation is 1. The fraction of sp³-hybridized carbons (Fsp3) is 0.667. The average molecular weight is 235 g/mol. The molecule has 0 saturated heterocycles. The number of nitrogens with zero attached hydrogens (tertiary/aromatic N) is 3. The molecule has 0 spiro atoms.